The third-order valence-corrected chi connectivity index (χ3v) is 2.25. The summed E-state index contributed by atoms with van der Waals surface area (Å²) < 4.78 is 77.8. The molecule has 0 aliphatic carbocycles. The topological polar surface area (TPSA) is 52.3 Å². The number of nitrogens with two attached hydrogens (primary N) is 1. The molecule has 0 fully saturated rings. The van der Waals surface area contributed by atoms with Gasteiger partial charge in [0.25, 0.3) is 6.10 Å². The zero-order chi connectivity index (χ0) is 15.7. The molecule has 1 rings (SSSR count). The number of ether oxygens (including phenoxy) is 1. The number of nitrogen functional groups attached to an aromatic ring is 1. The third kappa shape index (κ3) is 3.78. The molecule has 0 spiro atoms. The van der Waals surface area contributed by atoms with Crippen LogP contribution >= 0.6 is 0 Å². The summed E-state index contributed by atoms with van der Waals surface area (Å²) in [5.74, 6) is -1.35. The fourth-order valence-electron chi connectivity index (χ4n) is 1.37. The summed E-state index contributed by atoms with van der Waals surface area (Å²) in [4.78, 5) is 11.1. The number of Topliss-reactive ketones (excluding diaryl/α,β-unsaturated/α-hetero) is 1. The maximum absolute atomic E-state index is 12.3. The van der Waals surface area contributed by atoms with Gasteiger partial charge in [0.1, 0.15) is 5.75 Å². The van der Waals surface area contributed by atoms with Gasteiger partial charge in [-0.15, -0.1) is 0 Å². The monoisotopic (exact) mass is 301 g/mol. The second-order valence-electron chi connectivity index (χ2n) is 3.89. The van der Waals surface area contributed by atoms with Crippen molar-refractivity contribution in [1.82, 2.24) is 0 Å². The molecule has 2 N–H and O–H groups in total. The molecule has 0 unspecified atom stereocenters. The van der Waals surface area contributed by atoms with Crippen LogP contribution in [0.5, 0.6) is 5.75 Å². The molecular weight excluding hydrogens is 292 g/mol. The van der Waals surface area contributed by atoms with Gasteiger partial charge in [-0.2, -0.15) is 26.3 Å². The van der Waals surface area contributed by atoms with Gasteiger partial charge in [-0.25, -0.2) is 0 Å². The average Bonchev–Trinajstić information content (AvgIpc) is 2.24. The summed E-state index contributed by atoms with van der Waals surface area (Å²) in [6.45, 7) is 1.07. The van der Waals surface area contributed by atoms with Crippen molar-refractivity contribution in [2.24, 2.45) is 0 Å². The van der Waals surface area contributed by atoms with Gasteiger partial charge in [0.2, 0.25) is 0 Å². The number of rotatable bonds is 3. The molecule has 0 aliphatic heterocycles. The van der Waals surface area contributed by atoms with E-state index < -0.39 is 30.0 Å². The zero-order valence-corrected chi connectivity index (χ0v) is 9.97. The van der Waals surface area contributed by atoms with Crippen LogP contribution in [0.15, 0.2) is 18.2 Å². The first-order valence-electron chi connectivity index (χ1n) is 5.13. The second-order valence-corrected chi connectivity index (χ2v) is 3.89. The largest absolute Gasteiger partial charge is 0.471 e. The number of carbonyl (C=O) groups is 1. The molecule has 0 saturated heterocycles. The molecule has 0 aromatic heterocycles. The van der Waals surface area contributed by atoms with E-state index in [1.807, 2.05) is 0 Å². The van der Waals surface area contributed by atoms with Gasteiger partial charge >= 0.3 is 12.4 Å². The lowest BCUT2D eigenvalue weighted by atomic mass is 10.1. The normalized spacial score (nSPS) is 12.6. The van der Waals surface area contributed by atoms with Crippen molar-refractivity contribution < 1.29 is 35.9 Å². The highest BCUT2D eigenvalue weighted by Gasteiger charge is 2.59. The number of benzene rings is 1. The molecule has 0 radical (unpaired) electrons. The molecule has 1 aromatic rings. The summed E-state index contributed by atoms with van der Waals surface area (Å²) in [5.41, 5.74) is 5.09. The van der Waals surface area contributed by atoms with Gasteiger partial charge in [-0.3, -0.25) is 4.79 Å². The molecule has 112 valence electrons. The van der Waals surface area contributed by atoms with Crippen LogP contribution in [0, 0.1) is 0 Å². The molecule has 20 heavy (non-hydrogen) atoms. The molecule has 0 bridgehead atoms. The van der Waals surface area contributed by atoms with Crippen LogP contribution in [-0.2, 0) is 0 Å². The molecular formula is C11H9F6NO2. The van der Waals surface area contributed by atoms with E-state index in [1.54, 1.807) is 0 Å². The van der Waals surface area contributed by atoms with E-state index in [2.05, 4.69) is 4.74 Å². The fraction of sp³-hybridized carbons (Fsp3) is 0.364. The number of alkyl halides is 6. The van der Waals surface area contributed by atoms with Crippen LogP contribution in [0.2, 0.25) is 0 Å². The van der Waals surface area contributed by atoms with Gasteiger partial charge in [0.15, 0.2) is 5.78 Å². The molecule has 0 atom stereocenters. The lowest BCUT2D eigenvalue weighted by Crippen LogP contribution is -2.46. The average molecular weight is 301 g/mol. The number of hydrogen-bond acceptors (Lipinski definition) is 3. The van der Waals surface area contributed by atoms with Crippen LogP contribution in [0.1, 0.15) is 17.3 Å². The maximum Gasteiger partial charge on any atom is 0.434 e. The molecule has 9 heteroatoms. The molecule has 0 heterocycles. The van der Waals surface area contributed by atoms with Gasteiger partial charge in [0.05, 0.1) is 0 Å². The minimum atomic E-state index is -5.63. The Labute approximate surface area is 109 Å². The molecule has 3 nitrogen and oxygen atoms in total. The first-order valence-corrected chi connectivity index (χ1v) is 5.13. The first kappa shape index (κ1) is 16.1. The Morgan fingerprint density at radius 1 is 1.15 bits per heavy atom. The Hall–Kier alpha value is -1.93. The van der Waals surface area contributed by atoms with Crippen LogP contribution in [0.3, 0.4) is 0 Å². The van der Waals surface area contributed by atoms with E-state index in [0.29, 0.717) is 0 Å². The van der Waals surface area contributed by atoms with E-state index in [9.17, 15) is 31.1 Å². The Morgan fingerprint density at radius 3 is 2.05 bits per heavy atom. The minimum Gasteiger partial charge on any atom is -0.471 e. The Balaban J connectivity index is 3.13. The smallest absolute Gasteiger partial charge is 0.434 e. The van der Waals surface area contributed by atoms with Crippen LogP contribution in [0.25, 0.3) is 0 Å². The number of anilines is 1. The highest BCUT2D eigenvalue weighted by Crippen LogP contribution is 2.36. The second kappa shape index (κ2) is 5.22. The molecule has 0 aliphatic rings. The van der Waals surface area contributed by atoms with Gasteiger partial charge in [-0.05, 0) is 25.1 Å². The zero-order valence-electron chi connectivity index (χ0n) is 9.97. The maximum atomic E-state index is 12.3. The van der Waals surface area contributed by atoms with Gasteiger partial charge in [-0.1, -0.05) is 0 Å². The van der Waals surface area contributed by atoms with Crippen molar-refractivity contribution in [2.45, 2.75) is 25.4 Å². The third-order valence-electron chi connectivity index (χ3n) is 2.25. The predicted octanol–water partition coefficient (Wildman–Crippen LogP) is 3.34. The van der Waals surface area contributed by atoms with Crippen molar-refractivity contribution in [2.75, 3.05) is 5.73 Å². The van der Waals surface area contributed by atoms with E-state index >= 15 is 0 Å². The number of carbonyl (C=O) groups excluding carboxylic acids is 1. The van der Waals surface area contributed by atoms with Crippen LogP contribution in [0.4, 0.5) is 32.0 Å². The summed E-state index contributed by atoms with van der Waals surface area (Å²) in [5, 5.41) is 0. The van der Waals surface area contributed by atoms with Crippen molar-refractivity contribution in [3.8, 4) is 5.75 Å². The Kier molecular flexibility index (Phi) is 4.21. The summed E-state index contributed by atoms with van der Waals surface area (Å²) in [7, 11) is 0. The predicted molar refractivity (Wildman–Crippen MR) is 57.4 cm³/mol. The fourth-order valence-corrected chi connectivity index (χ4v) is 1.37. The number of ketones is 1. The van der Waals surface area contributed by atoms with E-state index in [1.165, 1.54) is 0 Å². The SMILES string of the molecule is CC(=O)c1cc(OC(C(F)(F)F)C(F)(F)F)ccc1N. The molecule has 0 amide bonds. The highest BCUT2D eigenvalue weighted by molar-refractivity contribution is 5.99. The van der Waals surface area contributed by atoms with Crippen molar-refractivity contribution >= 4 is 11.5 Å². The molecule has 0 saturated carbocycles. The lowest BCUT2D eigenvalue weighted by molar-refractivity contribution is -0.299. The first-order chi connectivity index (χ1) is 8.93. The Morgan fingerprint density at radius 2 is 1.65 bits per heavy atom. The van der Waals surface area contributed by atoms with Gasteiger partial charge < -0.3 is 10.5 Å². The van der Waals surface area contributed by atoms with Crippen LogP contribution < -0.4 is 10.5 Å². The van der Waals surface area contributed by atoms with Gasteiger partial charge in [0, 0.05) is 11.3 Å². The minimum absolute atomic E-state index is 0.0691. The van der Waals surface area contributed by atoms with Crippen LogP contribution in [-0.4, -0.2) is 24.2 Å². The van der Waals surface area contributed by atoms with E-state index in [0.717, 1.165) is 25.1 Å². The Bertz CT molecular complexity index is 495. The van der Waals surface area contributed by atoms with E-state index in [-0.39, 0.29) is 11.3 Å². The lowest BCUT2D eigenvalue weighted by Gasteiger charge is -2.24. The molecule has 1 aromatic carbocycles. The standard InChI is InChI=1S/C11H9F6NO2/c1-5(19)7-4-6(2-3-8(7)18)20-9(10(12,13)14)11(15,16)17/h2-4,9H,18H2,1H3. The van der Waals surface area contributed by atoms with Crippen molar-refractivity contribution in [1.29, 1.82) is 0 Å². The summed E-state index contributed by atoms with van der Waals surface area (Å²) >= 11 is 0. The number of halogens is 6. The quantitative estimate of drug-likeness (QED) is 0.529. The van der Waals surface area contributed by atoms with E-state index in [4.69, 9.17) is 5.73 Å². The number of hydrogen-bond donors (Lipinski definition) is 1. The van der Waals surface area contributed by atoms with Crippen molar-refractivity contribution in [3.05, 3.63) is 23.8 Å². The highest BCUT2D eigenvalue weighted by atomic mass is 19.4. The summed E-state index contributed by atoms with van der Waals surface area (Å²) in [6.07, 6.45) is -15.2. The summed E-state index contributed by atoms with van der Waals surface area (Å²) in [6, 6.07) is 2.56. The van der Waals surface area contributed by atoms with Crippen molar-refractivity contribution in [3.63, 3.8) is 0 Å².